The second-order valence-corrected chi connectivity index (χ2v) is 8.02. The molecule has 1 fully saturated rings. The minimum atomic E-state index is 0.311. The maximum atomic E-state index is 12.0. The van der Waals surface area contributed by atoms with Crippen molar-refractivity contribution in [2.45, 2.75) is 59.3 Å². The first-order valence-corrected chi connectivity index (χ1v) is 10.6. The Bertz CT molecular complexity index is 579. The van der Waals surface area contributed by atoms with Crippen LogP contribution in [0, 0.1) is 13.8 Å². The first-order valence-electron chi connectivity index (χ1n) is 9.83. The molecule has 0 atom stereocenters. The van der Waals surface area contributed by atoms with Crippen molar-refractivity contribution >= 4 is 23.2 Å². The van der Waals surface area contributed by atoms with Gasteiger partial charge in [-0.1, -0.05) is 6.42 Å². The van der Waals surface area contributed by atoms with Gasteiger partial charge in [-0.2, -0.15) is 0 Å². The fourth-order valence-electron chi connectivity index (χ4n) is 3.00. The highest BCUT2D eigenvalue weighted by molar-refractivity contribution is 7.11. The SMILES string of the molecule is CCNC(=NCCCN1CCCCCC1=O)NCCc1nc(C)c(C)s1. The number of rotatable bonds is 8. The van der Waals surface area contributed by atoms with Crippen molar-refractivity contribution in [2.24, 2.45) is 4.99 Å². The van der Waals surface area contributed by atoms with E-state index in [9.17, 15) is 4.79 Å². The van der Waals surface area contributed by atoms with Gasteiger partial charge in [0.25, 0.3) is 0 Å². The van der Waals surface area contributed by atoms with E-state index in [2.05, 4.69) is 41.4 Å². The van der Waals surface area contributed by atoms with Crippen LogP contribution in [0.15, 0.2) is 4.99 Å². The van der Waals surface area contributed by atoms with E-state index in [0.29, 0.717) is 12.3 Å². The van der Waals surface area contributed by atoms with Crippen LogP contribution in [0.2, 0.25) is 0 Å². The lowest BCUT2D eigenvalue weighted by molar-refractivity contribution is -0.130. The number of nitrogens with one attached hydrogen (secondary N) is 2. The predicted octanol–water partition coefficient (Wildman–Crippen LogP) is 2.65. The van der Waals surface area contributed by atoms with Gasteiger partial charge in [0.2, 0.25) is 5.91 Å². The van der Waals surface area contributed by atoms with Crippen molar-refractivity contribution in [3.05, 3.63) is 15.6 Å². The van der Waals surface area contributed by atoms with Crippen LogP contribution in [0.5, 0.6) is 0 Å². The number of guanidine groups is 1. The van der Waals surface area contributed by atoms with E-state index in [4.69, 9.17) is 0 Å². The van der Waals surface area contributed by atoms with Crippen LogP contribution in [-0.4, -0.2) is 54.5 Å². The fraction of sp³-hybridized carbons (Fsp3) is 0.737. The van der Waals surface area contributed by atoms with Gasteiger partial charge in [0.1, 0.15) is 0 Å². The van der Waals surface area contributed by atoms with Crippen LogP contribution in [-0.2, 0) is 11.2 Å². The molecule has 0 spiro atoms. The summed E-state index contributed by atoms with van der Waals surface area (Å²) < 4.78 is 0. The average Bonchev–Trinajstić information content (AvgIpc) is 2.80. The van der Waals surface area contributed by atoms with Crippen molar-refractivity contribution in [1.82, 2.24) is 20.5 Å². The Labute approximate surface area is 161 Å². The molecule has 1 aliphatic rings. The summed E-state index contributed by atoms with van der Waals surface area (Å²) in [6.07, 6.45) is 5.88. The molecule has 0 aromatic carbocycles. The summed E-state index contributed by atoms with van der Waals surface area (Å²) >= 11 is 1.77. The number of carbonyl (C=O) groups is 1. The Kier molecular flexibility index (Phi) is 8.88. The second kappa shape index (κ2) is 11.2. The number of aliphatic imine (C=N–C) groups is 1. The summed E-state index contributed by atoms with van der Waals surface area (Å²) in [5, 5.41) is 7.83. The number of hydrogen-bond donors (Lipinski definition) is 2. The Morgan fingerprint density at radius 3 is 2.85 bits per heavy atom. The quantitative estimate of drug-likeness (QED) is 0.414. The number of hydrogen-bond acceptors (Lipinski definition) is 4. The van der Waals surface area contributed by atoms with E-state index in [-0.39, 0.29) is 0 Å². The Morgan fingerprint density at radius 1 is 1.27 bits per heavy atom. The minimum Gasteiger partial charge on any atom is -0.357 e. The summed E-state index contributed by atoms with van der Waals surface area (Å²) in [5.74, 6) is 1.16. The lowest BCUT2D eigenvalue weighted by Crippen LogP contribution is -2.38. The molecule has 1 aliphatic heterocycles. The Hall–Kier alpha value is -1.63. The number of carbonyl (C=O) groups excluding carboxylic acids is 1. The maximum absolute atomic E-state index is 12.0. The van der Waals surface area contributed by atoms with Crippen LogP contribution in [0.4, 0.5) is 0 Å². The monoisotopic (exact) mass is 379 g/mol. The van der Waals surface area contributed by atoms with Gasteiger partial charge in [0, 0.05) is 50.4 Å². The summed E-state index contributed by atoms with van der Waals surface area (Å²) in [6.45, 7) is 10.4. The molecule has 7 heteroatoms. The Balaban J connectivity index is 1.72. The highest BCUT2D eigenvalue weighted by Crippen LogP contribution is 2.16. The van der Waals surface area contributed by atoms with E-state index in [1.165, 1.54) is 16.3 Å². The molecule has 1 aromatic heterocycles. The molecular formula is C19H33N5OS. The standard InChI is InChI=1S/C19H33N5OS/c1-4-20-19(22-12-10-17-23-15(2)16(3)26-17)21-11-8-14-24-13-7-5-6-9-18(24)25/h4-14H2,1-3H3,(H2,20,21,22). The molecule has 0 aliphatic carbocycles. The van der Waals surface area contributed by atoms with Crippen LogP contribution in [0.1, 0.15) is 54.6 Å². The van der Waals surface area contributed by atoms with Gasteiger partial charge in [-0.15, -0.1) is 11.3 Å². The van der Waals surface area contributed by atoms with E-state index >= 15 is 0 Å². The predicted molar refractivity (Wildman–Crippen MR) is 109 cm³/mol. The number of amides is 1. The zero-order valence-corrected chi connectivity index (χ0v) is 17.3. The number of aromatic nitrogens is 1. The smallest absolute Gasteiger partial charge is 0.222 e. The molecular weight excluding hydrogens is 346 g/mol. The molecule has 2 heterocycles. The summed E-state index contributed by atoms with van der Waals surface area (Å²) in [5.41, 5.74) is 1.13. The molecule has 0 bridgehead atoms. The fourth-order valence-corrected chi connectivity index (χ4v) is 3.94. The topological polar surface area (TPSA) is 69.6 Å². The second-order valence-electron chi connectivity index (χ2n) is 6.73. The van der Waals surface area contributed by atoms with Crippen molar-refractivity contribution in [2.75, 3.05) is 32.7 Å². The van der Waals surface area contributed by atoms with Gasteiger partial charge in [-0.25, -0.2) is 4.98 Å². The largest absolute Gasteiger partial charge is 0.357 e. The van der Waals surface area contributed by atoms with Gasteiger partial charge in [-0.05, 0) is 40.0 Å². The molecule has 26 heavy (non-hydrogen) atoms. The highest BCUT2D eigenvalue weighted by atomic mass is 32.1. The van der Waals surface area contributed by atoms with E-state index < -0.39 is 0 Å². The maximum Gasteiger partial charge on any atom is 0.222 e. The number of aryl methyl sites for hydroxylation is 2. The number of thiazole rings is 1. The van der Waals surface area contributed by atoms with Gasteiger partial charge >= 0.3 is 0 Å². The summed E-state index contributed by atoms with van der Waals surface area (Å²) in [6, 6.07) is 0. The Morgan fingerprint density at radius 2 is 2.12 bits per heavy atom. The third kappa shape index (κ3) is 6.94. The lowest BCUT2D eigenvalue weighted by atomic mass is 10.2. The summed E-state index contributed by atoms with van der Waals surface area (Å²) in [4.78, 5) is 24.5. The molecule has 0 unspecified atom stereocenters. The van der Waals surface area contributed by atoms with Crippen molar-refractivity contribution < 1.29 is 4.79 Å². The zero-order valence-electron chi connectivity index (χ0n) is 16.4. The third-order valence-corrected chi connectivity index (χ3v) is 5.71. The molecule has 1 aromatic rings. The van der Waals surface area contributed by atoms with Crippen molar-refractivity contribution in [3.63, 3.8) is 0 Å². The molecule has 6 nitrogen and oxygen atoms in total. The molecule has 146 valence electrons. The molecule has 2 rings (SSSR count). The van der Waals surface area contributed by atoms with Crippen molar-refractivity contribution in [3.8, 4) is 0 Å². The van der Waals surface area contributed by atoms with Crippen molar-refractivity contribution in [1.29, 1.82) is 0 Å². The van der Waals surface area contributed by atoms with Crippen LogP contribution in [0.25, 0.3) is 0 Å². The van der Waals surface area contributed by atoms with E-state index in [0.717, 1.165) is 70.1 Å². The molecule has 1 amide bonds. The van der Waals surface area contributed by atoms with E-state index in [1.807, 2.05) is 4.90 Å². The van der Waals surface area contributed by atoms with Gasteiger partial charge < -0.3 is 15.5 Å². The molecule has 2 N–H and O–H groups in total. The zero-order chi connectivity index (χ0) is 18.8. The third-order valence-electron chi connectivity index (χ3n) is 4.58. The normalized spacial score (nSPS) is 15.9. The molecule has 0 radical (unpaired) electrons. The number of likely N-dealkylation sites (tertiary alicyclic amines) is 1. The molecule has 1 saturated heterocycles. The first kappa shape index (κ1) is 20.7. The molecule has 0 saturated carbocycles. The van der Waals surface area contributed by atoms with Crippen LogP contribution < -0.4 is 10.6 Å². The van der Waals surface area contributed by atoms with Gasteiger partial charge in [0.15, 0.2) is 5.96 Å². The van der Waals surface area contributed by atoms with Gasteiger partial charge in [-0.3, -0.25) is 9.79 Å². The van der Waals surface area contributed by atoms with Gasteiger partial charge in [0.05, 0.1) is 10.7 Å². The lowest BCUT2D eigenvalue weighted by Gasteiger charge is -2.20. The average molecular weight is 380 g/mol. The number of nitrogens with zero attached hydrogens (tertiary/aromatic N) is 3. The highest BCUT2D eigenvalue weighted by Gasteiger charge is 2.15. The van der Waals surface area contributed by atoms with Crippen LogP contribution in [0.3, 0.4) is 0 Å². The summed E-state index contributed by atoms with van der Waals surface area (Å²) in [7, 11) is 0. The van der Waals surface area contributed by atoms with E-state index in [1.54, 1.807) is 11.3 Å². The first-order chi connectivity index (χ1) is 12.6. The van der Waals surface area contributed by atoms with Crippen LogP contribution >= 0.6 is 11.3 Å². The minimum absolute atomic E-state index is 0.311.